The van der Waals surface area contributed by atoms with E-state index in [4.69, 9.17) is 9.26 Å². The SMILES string of the molecule is Cc1noc(C)c1NC(=O)N(C)CCOc1ccccc1F. The summed E-state index contributed by atoms with van der Waals surface area (Å²) >= 11 is 0. The molecule has 0 aliphatic carbocycles. The lowest BCUT2D eigenvalue weighted by Crippen LogP contribution is -2.34. The van der Waals surface area contributed by atoms with Crippen molar-refractivity contribution in [2.75, 3.05) is 25.5 Å². The van der Waals surface area contributed by atoms with Gasteiger partial charge in [-0.05, 0) is 26.0 Å². The topological polar surface area (TPSA) is 67.6 Å². The summed E-state index contributed by atoms with van der Waals surface area (Å²) in [7, 11) is 1.62. The Kier molecular flexibility index (Phi) is 4.98. The van der Waals surface area contributed by atoms with Gasteiger partial charge in [-0.25, -0.2) is 9.18 Å². The van der Waals surface area contributed by atoms with Crippen LogP contribution >= 0.6 is 0 Å². The molecule has 22 heavy (non-hydrogen) atoms. The number of ether oxygens (including phenoxy) is 1. The van der Waals surface area contributed by atoms with Crippen molar-refractivity contribution in [3.05, 3.63) is 41.5 Å². The summed E-state index contributed by atoms with van der Waals surface area (Å²) in [6.07, 6.45) is 0. The molecule has 0 unspecified atom stereocenters. The minimum atomic E-state index is -0.426. The lowest BCUT2D eigenvalue weighted by Gasteiger charge is -2.18. The molecule has 2 rings (SSSR count). The number of hydrogen-bond donors (Lipinski definition) is 1. The second kappa shape index (κ2) is 6.93. The number of aryl methyl sites for hydroxylation is 2. The Bertz CT molecular complexity index is 638. The molecular weight excluding hydrogens is 289 g/mol. The fourth-order valence-corrected chi connectivity index (χ4v) is 1.82. The molecule has 0 saturated carbocycles. The Morgan fingerprint density at radius 3 is 2.77 bits per heavy atom. The number of nitrogens with one attached hydrogen (secondary N) is 1. The number of hydrogen-bond acceptors (Lipinski definition) is 4. The van der Waals surface area contributed by atoms with Gasteiger partial charge in [0.15, 0.2) is 17.3 Å². The minimum Gasteiger partial charge on any atom is -0.489 e. The van der Waals surface area contributed by atoms with E-state index in [1.54, 1.807) is 39.1 Å². The van der Waals surface area contributed by atoms with Gasteiger partial charge >= 0.3 is 6.03 Å². The van der Waals surface area contributed by atoms with Crippen LogP contribution in [0.1, 0.15) is 11.5 Å². The van der Waals surface area contributed by atoms with Crippen LogP contribution in [0.5, 0.6) is 5.75 Å². The van der Waals surface area contributed by atoms with E-state index in [0.717, 1.165) is 0 Å². The summed E-state index contributed by atoms with van der Waals surface area (Å²) in [5, 5.41) is 6.48. The Labute approximate surface area is 127 Å². The normalized spacial score (nSPS) is 10.4. The molecule has 1 aromatic heterocycles. The van der Waals surface area contributed by atoms with Crippen molar-refractivity contribution < 1.29 is 18.4 Å². The molecule has 1 aromatic carbocycles. The number of aromatic nitrogens is 1. The Balaban J connectivity index is 1.83. The summed E-state index contributed by atoms with van der Waals surface area (Å²) in [6, 6.07) is 5.83. The predicted molar refractivity (Wildman–Crippen MR) is 79.5 cm³/mol. The molecule has 0 spiro atoms. The van der Waals surface area contributed by atoms with E-state index in [0.29, 0.717) is 23.7 Å². The van der Waals surface area contributed by atoms with E-state index < -0.39 is 5.82 Å². The highest BCUT2D eigenvalue weighted by molar-refractivity contribution is 5.90. The Morgan fingerprint density at radius 2 is 2.14 bits per heavy atom. The van der Waals surface area contributed by atoms with Crippen LogP contribution in [0.15, 0.2) is 28.8 Å². The summed E-state index contributed by atoms with van der Waals surface area (Å²) in [5.41, 5.74) is 1.17. The number of carbonyl (C=O) groups is 1. The maximum atomic E-state index is 13.4. The van der Waals surface area contributed by atoms with Crippen molar-refractivity contribution in [2.24, 2.45) is 0 Å². The zero-order valence-electron chi connectivity index (χ0n) is 12.7. The van der Waals surface area contributed by atoms with Gasteiger partial charge in [0.1, 0.15) is 18.0 Å². The third kappa shape index (κ3) is 3.75. The molecule has 0 saturated heterocycles. The highest BCUT2D eigenvalue weighted by Gasteiger charge is 2.15. The number of benzene rings is 1. The number of nitrogens with zero attached hydrogens (tertiary/aromatic N) is 2. The molecule has 2 amide bonds. The Morgan fingerprint density at radius 1 is 1.41 bits per heavy atom. The highest BCUT2D eigenvalue weighted by atomic mass is 19.1. The molecule has 0 atom stereocenters. The van der Waals surface area contributed by atoms with Gasteiger partial charge < -0.3 is 19.5 Å². The van der Waals surface area contributed by atoms with Gasteiger partial charge in [-0.15, -0.1) is 0 Å². The van der Waals surface area contributed by atoms with Crippen molar-refractivity contribution in [2.45, 2.75) is 13.8 Å². The first kappa shape index (κ1) is 15.8. The fourth-order valence-electron chi connectivity index (χ4n) is 1.82. The third-order valence-corrected chi connectivity index (χ3v) is 3.13. The molecule has 1 N–H and O–H groups in total. The molecule has 2 aromatic rings. The van der Waals surface area contributed by atoms with Crippen molar-refractivity contribution in [3.63, 3.8) is 0 Å². The molecule has 0 aliphatic rings. The number of amides is 2. The lowest BCUT2D eigenvalue weighted by molar-refractivity contribution is 0.206. The first-order valence-electron chi connectivity index (χ1n) is 6.81. The molecule has 0 bridgehead atoms. The van der Waals surface area contributed by atoms with E-state index in [1.807, 2.05) is 0 Å². The molecule has 7 heteroatoms. The van der Waals surface area contributed by atoms with Crippen LogP contribution in [0.3, 0.4) is 0 Å². The van der Waals surface area contributed by atoms with Crippen LogP contribution in [0.25, 0.3) is 0 Å². The first-order chi connectivity index (χ1) is 10.5. The van der Waals surface area contributed by atoms with E-state index in [-0.39, 0.29) is 18.4 Å². The summed E-state index contributed by atoms with van der Waals surface area (Å²) in [6.45, 7) is 3.96. The number of urea groups is 1. The number of rotatable bonds is 5. The average molecular weight is 307 g/mol. The predicted octanol–water partition coefficient (Wildman–Crippen LogP) is 2.97. The zero-order chi connectivity index (χ0) is 16.1. The van der Waals surface area contributed by atoms with E-state index in [1.165, 1.54) is 11.0 Å². The smallest absolute Gasteiger partial charge is 0.321 e. The third-order valence-electron chi connectivity index (χ3n) is 3.13. The van der Waals surface area contributed by atoms with Gasteiger partial charge in [0, 0.05) is 7.05 Å². The first-order valence-corrected chi connectivity index (χ1v) is 6.81. The maximum absolute atomic E-state index is 13.4. The van der Waals surface area contributed by atoms with Crippen molar-refractivity contribution in [1.82, 2.24) is 10.1 Å². The summed E-state index contributed by atoms with van der Waals surface area (Å²) in [5.74, 6) is 0.286. The molecule has 0 fully saturated rings. The number of anilines is 1. The standard InChI is InChI=1S/C15H18FN3O3/c1-10-14(11(2)22-18-10)17-15(20)19(3)8-9-21-13-7-5-4-6-12(13)16/h4-7H,8-9H2,1-3H3,(H,17,20). The summed E-state index contributed by atoms with van der Waals surface area (Å²) < 4.78 is 23.7. The zero-order valence-corrected chi connectivity index (χ0v) is 12.7. The van der Waals surface area contributed by atoms with Crippen LogP contribution in [0, 0.1) is 19.7 Å². The average Bonchev–Trinajstić information content (AvgIpc) is 2.81. The van der Waals surface area contributed by atoms with E-state index >= 15 is 0 Å². The van der Waals surface area contributed by atoms with Crippen LogP contribution in [0.2, 0.25) is 0 Å². The van der Waals surface area contributed by atoms with Gasteiger partial charge in [-0.3, -0.25) is 0 Å². The van der Waals surface area contributed by atoms with Gasteiger partial charge in [-0.1, -0.05) is 17.3 Å². The monoisotopic (exact) mass is 307 g/mol. The van der Waals surface area contributed by atoms with Crippen LogP contribution in [0.4, 0.5) is 14.9 Å². The largest absolute Gasteiger partial charge is 0.489 e. The van der Waals surface area contributed by atoms with Gasteiger partial charge in [0.05, 0.1) is 6.54 Å². The van der Waals surface area contributed by atoms with Crippen LogP contribution in [-0.2, 0) is 0 Å². The minimum absolute atomic E-state index is 0.169. The van der Waals surface area contributed by atoms with E-state index in [9.17, 15) is 9.18 Å². The van der Waals surface area contributed by atoms with Crippen molar-refractivity contribution >= 4 is 11.7 Å². The number of para-hydroxylation sites is 1. The second-order valence-corrected chi connectivity index (χ2v) is 4.83. The quantitative estimate of drug-likeness (QED) is 0.922. The molecule has 1 heterocycles. The molecule has 0 aliphatic heterocycles. The molecular formula is C15H18FN3O3. The van der Waals surface area contributed by atoms with E-state index in [2.05, 4.69) is 10.5 Å². The van der Waals surface area contributed by atoms with Gasteiger partial charge in [0.25, 0.3) is 0 Å². The lowest BCUT2D eigenvalue weighted by atomic mass is 10.3. The molecule has 6 nitrogen and oxygen atoms in total. The van der Waals surface area contributed by atoms with Crippen LogP contribution in [-0.4, -0.2) is 36.3 Å². The molecule has 118 valence electrons. The van der Waals surface area contributed by atoms with Gasteiger partial charge in [0.2, 0.25) is 0 Å². The number of halogens is 1. The van der Waals surface area contributed by atoms with Gasteiger partial charge in [-0.2, -0.15) is 0 Å². The maximum Gasteiger partial charge on any atom is 0.321 e. The van der Waals surface area contributed by atoms with Crippen molar-refractivity contribution in [3.8, 4) is 5.75 Å². The van der Waals surface area contributed by atoms with Crippen LogP contribution < -0.4 is 10.1 Å². The highest BCUT2D eigenvalue weighted by Crippen LogP contribution is 2.19. The number of likely N-dealkylation sites (N-methyl/N-ethyl adjacent to an activating group) is 1. The number of carbonyl (C=O) groups excluding carboxylic acids is 1. The molecule has 0 radical (unpaired) electrons. The summed E-state index contributed by atoms with van der Waals surface area (Å²) in [4.78, 5) is 13.5. The van der Waals surface area contributed by atoms with Crippen molar-refractivity contribution in [1.29, 1.82) is 0 Å². The fraction of sp³-hybridized carbons (Fsp3) is 0.333. The second-order valence-electron chi connectivity index (χ2n) is 4.83. The Hall–Kier alpha value is -2.57.